The van der Waals surface area contributed by atoms with Gasteiger partial charge in [-0.1, -0.05) is 26.8 Å². The lowest BCUT2D eigenvalue weighted by Gasteiger charge is -2.23. The number of carboxylic acid groups (broad SMARTS) is 1. The number of nitrogens with one attached hydrogen (secondary N) is 1. The van der Waals surface area contributed by atoms with Crippen LogP contribution in [-0.2, 0) is 0 Å². The Morgan fingerprint density at radius 2 is 2.11 bits per heavy atom. The molecule has 1 unspecified atom stereocenters. The standard InChI is InChI=1S/C14H21NO2S/c1-5-10(9(2)3)15-11-7-6-8-12(18-4)13(11)14(16)17/h6-10,15H,5H2,1-4H3,(H,16,17). The molecule has 0 amide bonds. The van der Waals surface area contributed by atoms with Crippen molar-refractivity contribution >= 4 is 23.4 Å². The van der Waals surface area contributed by atoms with Crippen LogP contribution in [0.25, 0.3) is 0 Å². The zero-order valence-electron chi connectivity index (χ0n) is 11.4. The lowest BCUT2D eigenvalue weighted by atomic mass is 10.0. The second kappa shape index (κ2) is 6.69. The Balaban J connectivity index is 3.12. The van der Waals surface area contributed by atoms with Crippen LogP contribution >= 0.6 is 11.8 Å². The van der Waals surface area contributed by atoms with Crippen LogP contribution in [-0.4, -0.2) is 23.4 Å². The number of hydrogen-bond donors (Lipinski definition) is 2. The molecule has 0 radical (unpaired) electrons. The summed E-state index contributed by atoms with van der Waals surface area (Å²) in [7, 11) is 0. The maximum atomic E-state index is 11.4. The van der Waals surface area contributed by atoms with Crippen LogP contribution in [0.15, 0.2) is 23.1 Å². The molecule has 0 bridgehead atoms. The molecule has 3 nitrogen and oxygen atoms in total. The van der Waals surface area contributed by atoms with Crippen molar-refractivity contribution in [3.8, 4) is 0 Å². The average Bonchev–Trinajstić information content (AvgIpc) is 2.34. The largest absolute Gasteiger partial charge is 0.478 e. The number of benzene rings is 1. The predicted octanol–water partition coefficient (Wildman–Crippen LogP) is 3.95. The topological polar surface area (TPSA) is 49.3 Å². The molecule has 0 aliphatic carbocycles. The van der Waals surface area contributed by atoms with Gasteiger partial charge in [0.1, 0.15) is 0 Å². The molecule has 0 aromatic heterocycles. The van der Waals surface area contributed by atoms with Gasteiger partial charge in [0, 0.05) is 10.9 Å². The first-order valence-electron chi connectivity index (χ1n) is 6.18. The quantitative estimate of drug-likeness (QED) is 0.766. The van der Waals surface area contributed by atoms with Gasteiger partial charge in [-0.15, -0.1) is 11.8 Å². The van der Waals surface area contributed by atoms with E-state index in [9.17, 15) is 9.90 Å². The summed E-state index contributed by atoms with van der Waals surface area (Å²) in [5, 5.41) is 12.7. The van der Waals surface area contributed by atoms with Crippen molar-refractivity contribution < 1.29 is 9.90 Å². The summed E-state index contributed by atoms with van der Waals surface area (Å²) in [6, 6.07) is 5.87. The summed E-state index contributed by atoms with van der Waals surface area (Å²) in [6.45, 7) is 6.39. The van der Waals surface area contributed by atoms with E-state index in [1.807, 2.05) is 24.5 Å². The summed E-state index contributed by atoms with van der Waals surface area (Å²) in [5.41, 5.74) is 1.10. The van der Waals surface area contributed by atoms with E-state index in [1.165, 1.54) is 11.8 Å². The fourth-order valence-electron chi connectivity index (χ4n) is 1.98. The number of aromatic carboxylic acids is 1. The highest BCUT2D eigenvalue weighted by atomic mass is 32.2. The SMILES string of the molecule is CCC(Nc1cccc(SC)c1C(=O)O)C(C)C. The zero-order valence-corrected chi connectivity index (χ0v) is 12.2. The number of rotatable bonds is 6. The van der Waals surface area contributed by atoms with Gasteiger partial charge in [0.15, 0.2) is 0 Å². The van der Waals surface area contributed by atoms with E-state index in [0.29, 0.717) is 17.5 Å². The number of carboxylic acids is 1. The van der Waals surface area contributed by atoms with E-state index in [1.54, 1.807) is 0 Å². The Bertz CT molecular complexity index is 418. The van der Waals surface area contributed by atoms with Crippen LogP contribution in [0.2, 0.25) is 0 Å². The van der Waals surface area contributed by atoms with Crippen LogP contribution in [0, 0.1) is 5.92 Å². The molecule has 0 saturated carbocycles. The van der Waals surface area contributed by atoms with Gasteiger partial charge in [-0.05, 0) is 30.7 Å². The third-order valence-corrected chi connectivity index (χ3v) is 3.83. The molecule has 1 aromatic carbocycles. The van der Waals surface area contributed by atoms with E-state index in [2.05, 4.69) is 26.1 Å². The predicted molar refractivity (Wildman–Crippen MR) is 77.7 cm³/mol. The van der Waals surface area contributed by atoms with Gasteiger partial charge in [0.25, 0.3) is 0 Å². The molecular formula is C14H21NO2S. The van der Waals surface area contributed by atoms with Crippen molar-refractivity contribution in [3.05, 3.63) is 23.8 Å². The summed E-state index contributed by atoms with van der Waals surface area (Å²) in [6.07, 6.45) is 2.87. The molecule has 2 N–H and O–H groups in total. The molecule has 0 heterocycles. The van der Waals surface area contributed by atoms with Crippen LogP contribution in [0.5, 0.6) is 0 Å². The second-order valence-corrected chi connectivity index (χ2v) is 5.44. The molecular weight excluding hydrogens is 246 g/mol. The summed E-state index contributed by atoms with van der Waals surface area (Å²) < 4.78 is 0. The Morgan fingerprint density at radius 3 is 2.56 bits per heavy atom. The minimum atomic E-state index is -0.874. The Kier molecular flexibility index (Phi) is 5.54. The molecule has 0 saturated heterocycles. The molecule has 0 spiro atoms. The first-order chi connectivity index (χ1) is 8.51. The second-order valence-electron chi connectivity index (χ2n) is 4.59. The van der Waals surface area contributed by atoms with Crippen molar-refractivity contribution in [1.82, 2.24) is 0 Å². The number of hydrogen-bond acceptors (Lipinski definition) is 3. The third-order valence-electron chi connectivity index (χ3n) is 3.05. The Labute approximate surface area is 113 Å². The lowest BCUT2D eigenvalue weighted by Crippen LogP contribution is -2.25. The van der Waals surface area contributed by atoms with Gasteiger partial charge in [-0.3, -0.25) is 0 Å². The Hall–Kier alpha value is -1.16. The molecule has 1 rings (SSSR count). The molecule has 0 aliphatic rings. The van der Waals surface area contributed by atoms with Crippen LogP contribution in [0.4, 0.5) is 5.69 Å². The van der Waals surface area contributed by atoms with E-state index < -0.39 is 5.97 Å². The molecule has 1 aromatic rings. The van der Waals surface area contributed by atoms with Gasteiger partial charge in [0.2, 0.25) is 0 Å². The summed E-state index contributed by atoms with van der Waals surface area (Å²) in [5.74, 6) is -0.407. The number of thioether (sulfide) groups is 1. The van der Waals surface area contributed by atoms with Gasteiger partial charge in [-0.25, -0.2) is 4.79 Å². The normalized spacial score (nSPS) is 12.5. The van der Waals surface area contributed by atoms with Gasteiger partial charge >= 0.3 is 5.97 Å². The smallest absolute Gasteiger partial charge is 0.338 e. The Morgan fingerprint density at radius 1 is 1.44 bits per heavy atom. The van der Waals surface area contributed by atoms with Gasteiger partial charge < -0.3 is 10.4 Å². The van der Waals surface area contributed by atoms with E-state index >= 15 is 0 Å². The maximum absolute atomic E-state index is 11.4. The summed E-state index contributed by atoms with van der Waals surface area (Å²) in [4.78, 5) is 12.2. The highest BCUT2D eigenvalue weighted by molar-refractivity contribution is 7.98. The van der Waals surface area contributed by atoms with Crippen molar-refractivity contribution in [3.63, 3.8) is 0 Å². The van der Waals surface area contributed by atoms with Crippen molar-refractivity contribution in [2.75, 3.05) is 11.6 Å². The van der Waals surface area contributed by atoms with Crippen molar-refractivity contribution in [1.29, 1.82) is 0 Å². The molecule has 1 atom stereocenters. The highest BCUT2D eigenvalue weighted by Gasteiger charge is 2.18. The minimum absolute atomic E-state index is 0.292. The maximum Gasteiger partial charge on any atom is 0.338 e. The molecule has 4 heteroatoms. The van der Waals surface area contributed by atoms with Crippen LogP contribution < -0.4 is 5.32 Å². The monoisotopic (exact) mass is 267 g/mol. The third kappa shape index (κ3) is 3.42. The van der Waals surface area contributed by atoms with E-state index in [4.69, 9.17) is 0 Å². The molecule has 18 heavy (non-hydrogen) atoms. The minimum Gasteiger partial charge on any atom is -0.478 e. The fourth-order valence-corrected chi connectivity index (χ4v) is 2.60. The first kappa shape index (κ1) is 14.9. The molecule has 0 aliphatic heterocycles. The van der Waals surface area contributed by atoms with Gasteiger partial charge in [0.05, 0.1) is 11.3 Å². The molecule has 0 fully saturated rings. The summed E-state index contributed by atoms with van der Waals surface area (Å²) >= 11 is 1.46. The zero-order chi connectivity index (χ0) is 13.7. The van der Waals surface area contributed by atoms with E-state index in [-0.39, 0.29) is 0 Å². The van der Waals surface area contributed by atoms with Crippen molar-refractivity contribution in [2.24, 2.45) is 5.92 Å². The fraction of sp³-hybridized carbons (Fsp3) is 0.500. The van der Waals surface area contributed by atoms with Crippen LogP contribution in [0.1, 0.15) is 37.6 Å². The lowest BCUT2D eigenvalue weighted by molar-refractivity contribution is 0.0694. The number of carbonyl (C=O) groups is 1. The van der Waals surface area contributed by atoms with Crippen LogP contribution in [0.3, 0.4) is 0 Å². The highest BCUT2D eigenvalue weighted by Crippen LogP contribution is 2.28. The van der Waals surface area contributed by atoms with Crippen molar-refractivity contribution in [2.45, 2.75) is 38.1 Å². The first-order valence-corrected chi connectivity index (χ1v) is 7.40. The van der Waals surface area contributed by atoms with E-state index in [0.717, 1.165) is 17.0 Å². The number of anilines is 1. The molecule has 100 valence electrons. The van der Waals surface area contributed by atoms with Gasteiger partial charge in [-0.2, -0.15) is 0 Å². The average molecular weight is 267 g/mol.